The van der Waals surface area contributed by atoms with Crippen molar-refractivity contribution in [2.45, 2.75) is 32.4 Å². The Bertz CT molecular complexity index is 414. The fourth-order valence-electron chi connectivity index (χ4n) is 2.33. The average molecular weight is 299 g/mol. The van der Waals surface area contributed by atoms with E-state index in [0.29, 0.717) is 19.1 Å². The van der Waals surface area contributed by atoms with Gasteiger partial charge in [0.05, 0.1) is 13.0 Å². The number of carbonyl (C=O) groups excluding carboxylic acids is 1. The molecule has 1 amide bonds. The highest BCUT2D eigenvalue weighted by Crippen LogP contribution is 2.12. The van der Waals surface area contributed by atoms with E-state index < -0.39 is 0 Å². The summed E-state index contributed by atoms with van der Waals surface area (Å²) in [6, 6.07) is 10.2. The zero-order chi connectivity index (χ0) is 13.7. The van der Waals surface area contributed by atoms with Crippen LogP contribution in [-0.4, -0.2) is 42.6 Å². The SMILES string of the molecule is CC1NCCN(C(=O)CCOc2ccccc2)C1C.Cl. The summed E-state index contributed by atoms with van der Waals surface area (Å²) in [6.07, 6.45) is 0.436. The lowest BCUT2D eigenvalue weighted by molar-refractivity contribution is -0.135. The van der Waals surface area contributed by atoms with Crippen molar-refractivity contribution >= 4 is 18.3 Å². The molecule has 1 aliphatic rings. The minimum Gasteiger partial charge on any atom is -0.493 e. The van der Waals surface area contributed by atoms with Crippen molar-refractivity contribution in [1.29, 1.82) is 0 Å². The number of ether oxygens (including phenoxy) is 1. The number of halogens is 1. The topological polar surface area (TPSA) is 41.6 Å². The van der Waals surface area contributed by atoms with Gasteiger partial charge in [0.2, 0.25) is 5.91 Å². The molecule has 20 heavy (non-hydrogen) atoms. The normalized spacial score (nSPS) is 22.0. The van der Waals surface area contributed by atoms with Crippen LogP contribution >= 0.6 is 12.4 Å². The Morgan fingerprint density at radius 2 is 2.05 bits per heavy atom. The van der Waals surface area contributed by atoms with Crippen LogP contribution in [0.4, 0.5) is 0 Å². The summed E-state index contributed by atoms with van der Waals surface area (Å²) in [5, 5.41) is 3.37. The van der Waals surface area contributed by atoms with Gasteiger partial charge in [-0.25, -0.2) is 0 Å². The molecular formula is C15H23ClN2O2. The van der Waals surface area contributed by atoms with E-state index in [9.17, 15) is 4.79 Å². The van der Waals surface area contributed by atoms with Gasteiger partial charge in [-0.3, -0.25) is 4.79 Å². The summed E-state index contributed by atoms with van der Waals surface area (Å²) in [7, 11) is 0. The molecular weight excluding hydrogens is 276 g/mol. The summed E-state index contributed by atoms with van der Waals surface area (Å²) in [5.41, 5.74) is 0. The minimum atomic E-state index is 0. The van der Waals surface area contributed by atoms with Crippen LogP contribution in [-0.2, 0) is 4.79 Å². The third kappa shape index (κ3) is 4.39. The summed E-state index contributed by atoms with van der Waals surface area (Å²) in [6.45, 7) is 6.30. The van der Waals surface area contributed by atoms with Crippen molar-refractivity contribution in [2.75, 3.05) is 19.7 Å². The number of piperazine rings is 1. The molecule has 1 aromatic carbocycles. The average Bonchev–Trinajstić information content (AvgIpc) is 2.43. The lowest BCUT2D eigenvalue weighted by atomic mass is 10.1. The van der Waals surface area contributed by atoms with Gasteiger partial charge in [0.15, 0.2) is 0 Å². The molecule has 1 saturated heterocycles. The number of nitrogens with zero attached hydrogens (tertiary/aromatic N) is 1. The standard InChI is InChI=1S/C15H22N2O2.ClH/c1-12-13(2)17(10-9-16-12)15(18)8-11-19-14-6-4-3-5-7-14;/h3-7,12-13,16H,8-11H2,1-2H3;1H. The lowest BCUT2D eigenvalue weighted by Crippen LogP contribution is -2.57. The maximum atomic E-state index is 12.2. The molecule has 0 radical (unpaired) electrons. The number of hydrogen-bond donors (Lipinski definition) is 1. The molecule has 0 aliphatic carbocycles. The molecule has 2 rings (SSSR count). The van der Waals surface area contributed by atoms with Crippen LogP contribution in [0.2, 0.25) is 0 Å². The Balaban J connectivity index is 0.00000200. The predicted molar refractivity (Wildman–Crippen MR) is 82.4 cm³/mol. The fourth-order valence-corrected chi connectivity index (χ4v) is 2.33. The van der Waals surface area contributed by atoms with Gasteiger partial charge in [-0.2, -0.15) is 0 Å². The molecule has 4 nitrogen and oxygen atoms in total. The van der Waals surface area contributed by atoms with Crippen molar-refractivity contribution in [2.24, 2.45) is 0 Å². The van der Waals surface area contributed by atoms with Crippen LogP contribution in [0.25, 0.3) is 0 Å². The maximum absolute atomic E-state index is 12.2. The first-order valence-corrected chi connectivity index (χ1v) is 6.89. The molecule has 0 aromatic heterocycles. The second-order valence-electron chi connectivity index (χ2n) is 4.98. The van der Waals surface area contributed by atoms with E-state index in [4.69, 9.17) is 4.74 Å². The number of benzene rings is 1. The molecule has 1 aromatic rings. The molecule has 1 aliphatic heterocycles. The van der Waals surface area contributed by atoms with Gasteiger partial charge >= 0.3 is 0 Å². The molecule has 1 heterocycles. The van der Waals surface area contributed by atoms with E-state index in [0.717, 1.165) is 18.8 Å². The molecule has 1 fully saturated rings. The molecule has 1 N–H and O–H groups in total. The Hall–Kier alpha value is -1.26. The predicted octanol–water partition coefficient (Wildman–Crippen LogP) is 2.09. The van der Waals surface area contributed by atoms with E-state index in [1.54, 1.807) is 0 Å². The molecule has 2 unspecified atom stereocenters. The highest BCUT2D eigenvalue weighted by molar-refractivity contribution is 5.85. The third-order valence-electron chi connectivity index (χ3n) is 3.68. The van der Waals surface area contributed by atoms with E-state index in [1.807, 2.05) is 35.2 Å². The van der Waals surface area contributed by atoms with Crippen LogP contribution in [0.1, 0.15) is 20.3 Å². The first-order chi connectivity index (χ1) is 9.18. The van der Waals surface area contributed by atoms with E-state index >= 15 is 0 Å². The Morgan fingerprint density at radius 1 is 1.35 bits per heavy atom. The Labute approximate surface area is 126 Å². The number of carbonyl (C=O) groups is 1. The lowest BCUT2D eigenvalue weighted by Gasteiger charge is -2.38. The molecule has 0 bridgehead atoms. The van der Waals surface area contributed by atoms with E-state index in [1.165, 1.54) is 0 Å². The van der Waals surface area contributed by atoms with Crippen LogP contribution in [0.15, 0.2) is 30.3 Å². The van der Waals surface area contributed by atoms with Gasteiger partial charge in [0, 0.05) is 25.2 Å². The molecule has 0 saturated carbocycles. The van der Waals surface area contributed by atoms with Crippen molar-refractivity contribution in [1.82, 2.24) is 10.2 Å². The highest BCUT2D eigenvalue weighted by atomic mass is 35.5. The van der Waals surface area contributed by atoms with Gasteiger partial charge in [0.25, 0.3) is 0 Å². The first-order valence-electron chi connectivity index (χ1n) is 6.89. The van der Waals surface area contributed by atoms with E-state index in [-0.39, 0.29) is 24.4 Å². The second kappa shape index (κ2) is 8.12. The van der Waals surface area contributed by atoms with Crippen molar-refractivity contribution < 1.29 is 9.53 Å². The highest BCUT2D eigenvalue weighted by Gasteiger charge is 2.27. The molecule has 112 valence electrons. The Kier molecular flexibility index (Phi) is 6.82. The van der Waals surface area contributed by atoms with Crippen LogP contribution < -0.4 is 10.1 Å². The third-order valence-corrected chi connectivity index (χ3v) is 3.68. The van der Waals surface area contributed by atoms with E-state index in [2.05, 4.69) is 19.2 Å². The maximum Gasteiger partial charge on any atom is 0.226 e. The number of para-hydroxylation sites is 1. The monoisotopic (exact) mass is 298 g/mol. The number of amides is 1. The van der Waals surface area contributed by atoms with Gasteiger partial charge < -0.3 is 15.0 Å². The number of nitrogens with one attached hydrogen (secondary N) is 1. The summed E-state index contributed by atoms with van der Waals surface area (Å²) >= 11 is 0. The Morgan fingerprint density at radius 3 is 2.75 bits per heavy atom. The zero-order valence-corrected chi connectivity index (χ0v) is 12.9. The fraction of sp³-hybridized carbons (Fsp3) is 0.533. The van der Waals surface area contributed by atoms with Gasteiger partial charge in [-0.05, 0) is 26.0 Å². The van der Waals surface area contributed by atoms with Gasteiger partial charge in [-0.1, -0.05) is 18.2 Å². The minimum absolute atomic E-state index is 0. The zero-order valence-electron chi connectivity index (χ0n) is 12.0. The number of hydrogen-bond acceptors (Lipinski definition) is 3. The molecule has 0 spiro atoms. The molecule has 2 atom stereocenters. The van der Waals surface area contributed by atoms with Gasteiger partial charge in [-0.15, -0.1) is 12.4 Å². The summed E-state index contributed by atoms with van der Waals surface area (Å²) in [5.74, 6) is 0.994. The van der Waals surface area contributed by atoms with Crippen LogP contribution in [0.5, 0.6) is 5.75 Å². The van der Waals surface area contributed by atoms with Crippen LogP contribution in [0, 0.1) is 0 Å². The first kappa shape index (κ1) is 16.8. The number of rotatable bonds is 4. The summed E-state index contributed by atoms with van der Waals surface area (Å²) < 4.78 is 5.57. The quantitative estimate of drug-likeness (QED) is 0.925. The second-order valence-corrected chi connectivity index (χ2v) is 4.98. The van der Waals surface area contributed by atoms with Gasteiger partial charge in [0.1, 0.15) is 5.75 Å². The van der Waals surface area contributed by atoms with Crippen LogP contribution in [0.3, 0.4) is 0 Å². The van der Waals surface area contributed by atoms with Crippen molar-refractivity contribution in [3.63, 3.8) is 0 Å². The van der Waals surface area contributed by atoms with Crippen molar-refractivity contribution in [3.05, 3.63) is 30.3 Å². The largest absolute Gasteiger partial charge is 0.493 e. The van der Waals surface area contributed by atoms with Crippen molar-refractivity contribution in [3.8, 4) is 5.75 Å². The molecule has 5 heteroatoms. The smallest absolute Gasteiger partial charge is 0.226 e. The summed E-state index contributed by atoms with van der Waals surface area (Å²) in [4.78, 5) is 14.1.